The van der Waals surface area contributed by atoms with Crippen LogP contribution in [0.2, 0.25) is 0 Å². The first-order valence-electron chi connectivity index (χ1n) is 3.36. The van der Waals surface area contributed by atoms with Crippen molar-refractivity contribution in [3.63, 3.8) is 0 Å². The van der Waals surface area contributed by atoms with Crippen LogP contribution in [0.25, 0.3) is 0 Å². The van der Waals surface area contributed by atoms with Crippen molar-refractivity contribution in [2.45, 2.75) is 0 Å². The summed E-state index contributed by atoms with van der Waals surface area (Å²) in [5.74, 6) is 0.0205. The van der Waals surface area contributed by atoms with Crippen LogP contribution in [0.5, 0.6) is 0 Å². The van der Waals surface area contributed by atoms with Gasteiger partial charge in [-0.05, 0) is 12.2 Å². The zero-order valence-electron chi connectivity index (χ0n) is 7.25. The van der Waals surface area contributed by atoms with Crippen LogP contribution in [-0.2, 0) is 4.74 Å². The summed E-state index contributed by atoms with van der Waals surface area (Å²) in [6, 6.07) is 0. The van der Waals surface area contributed by atoms with Crippen molar-refractivity contribution in [3.8, 4) is 0 Å². The molecular formula is C8H10BrNO3. The monoisotopic (exact) mass is 247 g/mol. The minimum absolute atomic E-state index is 0.0205. The van der Waals surface area contributed by atoms with E-state index in [1.165, 1.54) is 13.2 Å². The van der Waals surface area contributed by atoms with Crippen molar-refractivity contribution in [1.29, 1.82) is 0 Å². The lowest BCUT2D eigenvalue weighted by molar-refractivity contribution is -0.424. The molecule has 0 saturated carbocycles. The van der Waals surface area contributed by atoms with E-state index in [0.717, 1.165) is 0 Å². The standard InChI is InChI=1S/C8H10BrNO3/c1-6(5-9)4-8(10(11)12)7(2)13-3/h4H,1-2,5H2,3H3/b8-4+. The van der Waals surface area contributed by atoms with Gasteiger partial charge in [-0.3, -0.25) is 10.1 Å². The number of hydrogen-bond acceptors (Lipinski definition) is 3. The van der Waals surface area contributed by atoms with Crippen LogP contribution in [0.1, 0.15) is 0 Å². The molecule has 0 aliphatic rings. The van der Waals surface area contributed by atoms with Crippen LogP contribution in [0, 0.1) is 10.1 Å². The van der Waals surface area contributed by atoms with E-state index in [9.17, 15) is 10.1 Å². The molecule has 0 aliphatic carbocycles. The second-order valence-corrected chi connectivity index (χ2v) is 2.77. The molecule has 5 heteroatoms. The molecule has 0 unspecified atom stereocenters. The second-order valence-electron chi connectivity index (χ2n) is 2.21. The van der Waals surface area contributed by atoms with Gasteiger partial charge >= 0.3 is 5.70 Å². The van der Waals surface area contributed by atoms with Gasteiger partial charge in [-0.1, -0.05) is 22.5 Å². The number of methoxy groups -OCH3 is 1. The van der Waals surface area contributed by atoms with Crippen LogP contribution in [0.15, 0.2) is 36.3 Å². The van der Waals surface area contributed by atoms with E-state index in [4.69, 9.17) is 0 Å². The summed E-state index contributed by atoms with van der Waals surface area (Å²) in [5, 5.41) is 11.0. The third-order valence-corrected chi connectivity index (χ3v) is 1.96. The molecular weight excluding hydrogens is 238 g/mol. The van der Waals surface area contributed by atoms with E-state index in [0.29, 0.717) is 10.9 Å². The zero-order chi connectivity index (χ0) is 10.4. The zero-order valence-corrected chi connectivity index (χ0v) is 8.83. The Hall–Kier alpha value is -1.10. The minimum Gasteiger partial charge on any atom is -0.491 e. The molecule has 13 heavy (non-hydrogen) atoms. The topological polar surface area (TPSA) is 52.4 Å². The van der Waals surface area contributed by atoms with Crippen molar-refractivity contribution < 1.29 is 9.66 Å². The first-order valence-corrected chi connectivity index (χ1v) is 4.48. The van der Waals surface area contributed by atoms with Gasteiger partial charge in [-0.15, -0.1) is 0 Å². The molecule has 0 spiro atoms. The molecule has 0 N–H and O–H groups in total. The Labute approximate surface area is 84.9 Å². The summed E-state index contributed by atoms with van der Waals surface area (Å²) >= 11 is 3.13. The average molecular weight is 248 g/mol. The number of nitrogens with zero attached hydrogens (tertiary/aromatic N) is 1. The van der Waals surface area contributed by atoms with E-state index in [-0.39, 0.29) is 11.5 Å². The fraction of sp³-hybridized carbons (Fsp3) is 0.250. The van der Waals surface area contributed by atoms with Gasteiger partial charge in [0.1, 0.15) is 0 Å². The van der Waals surface area contributed by atoms with Crippen molar-refractivity contribution in [3.05, 3.63) is 46.4 Å². The van der Waals surface area contributed by atoms with E-state index in [2.05, 4.69) is 33.8 Å². The molecule has 72 valence electrons. The number of nitro groups is 1. The largest absolute Gasteiger partial charge is 0.491 e. The first-order chi connectivity index (χ1) is 6.02. The van der Waals surface area contributed by atoms with Gasteiger partial charge in [0.05, 0.1) is 12.0 Å². The lowest BCUT2D eigenvalue weighted by Crippen LogP contribution is -2.03. The molecule has 0 aromatic rings. The van der Waals surface area contributed by atoms with Crippen molar-refractivity contribution in [2.75, 3.05) is 12.4 Å². The summed E-state index contributed by atoms with van der Waals surface area (Å²) in [5.41, 5.74) is 0.414. The molecule has 0 aromatic heterocycles. The third kappa shape index (κ3) is 3.89. The molecule has 0 aromatic carbocycles. The van der Waals surface area contributed by atoms with Gasteiger partial charge in [-0.25, -0.2) is 0 Å². The van der Waals surface area contributed by atoms with Gasteiger partial charge in [0, 0.05) is 11.4 Å². The Bertz CT molecular complexity index is 271. The maximum absolute atomic E-state index is 10.5. The number of hydrogen-bond donors (Lipinski definition) is 0. The maximum atomic E-state index is 10.5. The molecule has 0 amide bonds. The van der Waals surface area contributed by atoms with Crippen LogP contribution in [0.4, 0.5) is 0 Å². The highest BCUT2D eigenvalue weighted by molar-refractivity contribution is 9.09. The van der Waals surface area contributed by atoms with Gasteiger partial charge in [0.25, 0.3) is 0 Å². The molecule has 0 rings (SSSR count). The number of rotatable bonds is 5. The SMILES string of the molecule is C=C(/C=C(\C(=C)OC)[N+](=O)[O-])CBr. The van der Waals surface area contributed by atoms with Gasteiger partial charge < -0.3 is 4.74 Å². The smallest absolute Gasteiger partial charge is 0.310 e. The first kappa shape index (κ1) is 11.9. The highest BCUT2D eigenvalue weighted by Gasteiger charge is 2.15. The predicted molar refractivity (Wildman–Crippen MR) is 54.2 cm³/mol. The van der Waals surface area contributed by atoms with Crippen molar-refractivity contribution in [2.24, 2.45) is 0 Å². The molecule has 0 fully saturated rings. The lowest BCUT2D eigenvalue weighted by Gasteiger charge is -2.00. The molecule has 0 aliphatic heterocycles. The Morgan fingerprint density at radius 1 is 1.69 bits per heavy atom. The summed E-state index contributed by atoms with van der Waals surface area (Å²) in [7, 11) is 1.33. The average Bonchev–Trinajstić information content (AvgIpc) is 2.11. The molecule has 0 saturated heterocycles. The van der Waals surface area contributed by atoms with Gasteiger partial charge in [0.2, 0.25) is 0 Å². The Morgan fingerprint density at radius 2 is 2.23 bits per heavy atom. The summed E-state index contributed by atoms with van der Waals surface area (Å²) in [6.07, 6.45) is 1.32. The van der Waals surface area contributed by atoms with Crippen LogP contribution >= 0.6 is 15.9 Å². The maximum Gasteiger partial charge on any atom is 0.310 e. The van der Waals surface area contributed by atoms with E-state index in [1.807, 2.05) is 0 Å². The number of ether oxygens (including phenoxy) is 1. The van der Waals surface area contributed by atoms with Crippen LogP contribution in [-0.4, -0.2) is 17.4 Å². The van der Waals surface area contributed by atoms with Crippen LogP contribution in [0.3, 0.4) is 0 Å². The highest BCUT2D eigenvalue weighted by Crippen LogP contribution is 2.12. The van der Waals surface area contributed by atoms with Gasteiger partial charge in [0.15, 0.2) is 5.76 Å². The van der Waals surface area contributed by atoms with E-state index in [1.54, 1.807) is 0 Å². The molecule has 0 radical (unpaired) electrons. The van der Waals surface area contributed by atoms with Crippen molar-refractivity contribution >= 4 is 15.9 Å². The fourth-order valence-electron chi connectivity index (χ4n) is 0.572. The quantitative estimate of drug-likeness (QED) is 0.246. The van der Waals surface area contributed by atoms with Crippen molar-refractivity contribution in [1.82, 2.24) is 0 Å². The lowest BCUT2D eigenvalue weighted by atomic mass is 10.2. The normalized spacial score (nSPS) is 10.8. The van der Waals surface area contributed by atoms with E-state index >= 15 is 0 Å². The summed E-state index contributed by atoms with van der Waals surface area (Å²) in [4.78, 5) is 9.94. The molecule has 4 nitrogen and oxygen atoms in total. The van der Waals surface area contributed by atoms with E-state index < -0.39 is 4.92 Å². The Kier molecular flexibility index (Phi) is 5.06. The number of alkyl halides is 1. The molecule has 0 bridgehead atoms. The molecule has 0 heterocycles. The number of allylic oxidation sites excluding steroid dienone is 2. The predicted octanol–water partition coefficient (Wildman–Crippen LogP) is 2.26. The van der Waals surface area contributed by atoms with Gasteiger partial charge in [-0.2, -0.15) is 0 Å². The minimum atomic E-state index is -0.556. The number of halogens is 1. The fourth-order valence-corrected chi connectivity index (χ4v) is 0.733. The third-order valence-electron chi connectivity index (χ3n) is 1.24. The summed E-state index contributed by atoms with van der Waals surface area (Å²) < 4.78 is 4.66. The Balaban J connectivity index is 4.81. The Morgan fingerprint density at radius 3 is 2.54 bits per heavy atom. The highest BCUT2D eigenvalue weighted by atomic mass is 79.9. The second kappa shape index (κ2) is 5.53. The molecule has 0 atom stereocenters. The van der Waals surface area contributed by atoms with Crippen LogP contribution < -0.4 is 0 Å². The summed E-state index contributed by atoms with van der Waals surface area (Å²) in [6.45, 7) is 6.98.